The number of benzene rings is 2. The average Bonchev–Trinajstić information content (AvgIpc) is 3.10. The zero-order valence-corrected chi connectivity index (χ0v) is 16.5. The topological polar surface area (TPSA) is 34.9 Å². The van der Waals surface area contributed by atoms with Crippen molar-refractivity contribution < 1.29 is 0 Å². The fourth-order valence-corrected chi connectivity index (χ4v) is 5.06. The van der Waals surface area contributed by atoms with E-state index >= 15 is 0 Å². The lowest BCUT2D eigenvalue weighted by molar-refractivity contribution is 0.739. The summed E-state index contributed by atoms with van der Waals surface area (Å²) in [5.41, 5.74) is 5.57. The van der Waals surface area contributed by atoms with E-state index in [0.717, 1.165) is 39.4 Å². The number of hydrogen-bond acceptors (Lipinski definition) is 4. The molecule has 26 heavy (non-hydrogen) atoms. The van der Waals surface area contributed by atoms with Crippen LogP contribution in [0.1, 0.15) is 22.4 Å². The summed E-state index contributed by atoms with van der Waals surface area (Å²) >= 11 is 3.26. The van der Waals surface area contributed by atoms with Gasteiger partial charge in [0.25, 0.3) is 5.56 Å². The maximum Gasteiger partial charge on any atom is 0.272 e. The van der Waals surface area contributed by atoms with Crippen molar-refractivity contribution in [2.24, 2.45) is 0 Å². The molecular weight excluding hydrogens is 360 g/mol. The predicted octanol–water partition coefficient (Wildman–Crippen LogP) is 4.79. The fourth-order valence-electron chi connectivity index (χ4n) is 3.06. The molecule has 1 aliphatic rings. The number of rotatable bonds is 4. The normalized spacial score (nSPS) is 13.0. The summed E-state index contributed by atoms with van der Waals surface area (Å²) in [6.07, 6.45) is 0.877. The number of aromatic nitrogens is 2. The second-order valence-electron chi connectivity index (χ2n) is 6.52. The average molecular weight is 381 g/mol. The molecule has 2 heterocycles. The van der Waals surface area contributed by atoms with Gasteiger partial charge in [0, 0.05) is 17.9 Å². The Balaban J connectivity index is 1.76. The van der Waals surface area contributed by atoms with Gasteiger partial charge in [-0.2, -0.15) is 0 Å². The Morgan fingerprint density at radius 3 is 2.69 bits per heavy atom. The summed E-state index contributed by atoms with van der Waals surface area (Å²) < 4.78 is 1.77. The highest BCUT2D eigenvalue weighted by Crippen LogP contribution is 2.31. The summed E-state index contributed by atoms with van der Waals surface area (Å²) in [5.74, 6) is 1.74. The SMILES string of the molecule is Cc1ccc(-n2c(SCc3cccc(C)c3)nc3c(c2=O)SCC3)cc1. The molecule has 3 aromatic rings. The first-order valence-corrected chi connectivity index (χ1v) is 10.6. The standard InChI is InChI=1S/C21H20N2OS2/c1-14-6-8-17(9-7-14)23-20(24)19-18(10-11-25-19)22-21(23)26-13-16-5-3-4-15(2)12-16/h3-9,12H,10-11,13H2,1-2H3. The molecule has 0 atom stereocenters. The van der Waals surface area contributed by atoms with E-state index in [0.29, 0.717) is 0 Å². The van der Waals surface area contributed by atoms with Crippen molar-refractivity contribution >= 4 is 23.5 Å². The molecule has 0 unspecified atom stereocenters. The second-order valence-corrected chi connectivity index (χ2v) is 8.57. The zero-order valence-electron chi connectivity index (χ0n) is 14.9. The molecule has 4 rings (SSSR count). The van der Waals surface area contributed by atoms with Gasteiger partial charge in [-0.15, -0.1) is 11.8 Å². The van der Waals surface area contributed by atoms with Crippen molar-refractivity contribution in [1.82, 2.24) is 9.55 Å². The van der Waals surface area contributed by atoms with E-state index in [2.05, 4.69) is 38.1 Å². The summed E-state index contributed by atoms with van der Waals surface area (Å²) in [5, 5.41) is 0.779. The van der Waals surface area contributed by atoms with Crippen LogP contribution in [0.5, 0.6) is 0 Å². The minimum absolute atomic E-state index is 0.0631. The number of fused-ring (bicyclic) bond motifs is 1. The molecule has 1 aliphatic heterocycles. The van der Waals surface area contributed by atoms with E-state index in [4.69, 9.17) is 4.98 Å². The summed E-state index contributed by atoms with van der Waals surface area (Å²) in [7, 11) is 0. The molecule has 3 nitrogen and oxygen atoms in total. The Kier molecular flexibility index (Phi) is 4.92. The molecule has 0 saturated carbocycles. The lowest BCUT2D eigenvalue weighted by Gasteiger charge is -2.14. The molecule has 0 N–H and O–H groups in total. The van der Waals surface area contributed by atoms with Crippen molar-refractivity contribution in [3.63, 3.8) is 0 Å². The lowest BCUT2D eigenvalue weighted by atomic mass is 10.2. The van der Waals surface area contributed by atoms with Gasteiger partial charge in [-0.25, -0.2) is 4.98 Å². The summed E-state index contributed by atoms with van der Waals surface area (Å²) in [4.78, 5) is 18.8. The Bertz CT molecular complexity index is 1010. The Labute approximate surface area is 161 Å². The predicted molar refractivity (Wildman–Crippen MR) is 110 cm³/mol. The monoisotopic (exact) mass is 380 g/mol. The third kappa shape index (κ3) is 3.46. The highest BCUT2D eigenvalue weighted by molar-refractivity contribution is 7.99. The molecule has 0 fully saturated rings. The van der Waals surface area contributed by atoms with Crippen LogP contribution in [-0.4, -0.2) is 15.3 Å². The third-order valence-electron chi connectivity index (χ3n) is 4.41. The maximum absolute atomic E-state index is 13.1. The van der Waals surface area contributed by atoms with Crippen LogP contribution >= 0.6 is 23.5 Å². The Hall–Kier alpha value is -1.98. The minimum atomic E-state index is 0.0631. The molecule has 0 radical (unpaired) electrons. The third-order valence-corrected chi connectivity index (χ3v) is 6.53. The van der Waals surface area contributed by atoms with E-state index in [1.165, 1.54) is 16.7 Å². The van der Waals surface area contributed by atoms with Crippen molar-refractivity contribution in [3.05, 3.63) is 81.3 Å². The molecular formula is C21H20N2OS2. The molecule has 5 heteroatoms. The van der Waals surface area contributed by atoms with Gasteiger partial charge in [0.1, 0.15) is 0 Å². The van der Waals surface area contributed by atoms with Gasteiger partial charge in [0.05, 0.1) is 16.3 Å². The van der Waals surface area contributed by atoms with Gasteiger partial charge in [-0.1, -0.05) is 59.3 Å². The van der Waals surface area contributed by atoms with Gasteiger partial charge in [0.15, 0.2) is 5.16 Å². The molecule has 132 valence electrons. The van der Waals surface area contributed by atoms with Crippen LogP contribution in [0.4, 0.5) is 0 Å². The van der Waals surface area contributed by atoms with E-state index in [1.54, 1.807) is 28.1 Å². The molecule has 0 aliphatic carbocycles. The Morgan fingerprint density at radius 1 is 1.12 bits per heavy atom. The van der Waals surface area contributed by atoms with Crippen molar-refractivity contribution in [1.29, 1.82) is 0 Å². The van der Waals surface area contributed by atoms with Crippen LogP contribution in [0.15, 0.2) is 63.4 Å². The van der Waals surface area contributed by atoms with Crippen LogP contribution in [-0.2, 0) is 12.2 Å². The molecule has 0 amide bonds. The van der Waals surface area contributed by atoms with E-state index in [1.807, 2.05) is 24.3 Å². The van der Waals surface area contributed by atoms with Crippen LogP contribution < -0.4 is 5.56 Å². The second kappa shape index (κ2) is 7.33. The van der Waals surface area contributed by atoms with Crippen molar-refractivity contribution in [2.75, 3.05) is 5.75 Å². The number of hydrogen-bond donors (Lipinski definition) is 0. The van der Waals surface area contributed by atoms with E-state index in [-0.39, 0.29) is 5.56 Å². The van der Waals surface area contributed by atoms with Crippen LogP contribution in [0.25, 0.3) is 5.69 Å². The van der Waals surface area contributed by atoms with Crippen LogP contribution in [0.2, 0.25) is 0 Å². The molecule has 2 aromatic carbocycles. The first kappa shape index (κ1) is 17.4. The highest BCUT2D eigenvalue weighted by atomic mass is 32.2. The van der Waals surface area contributed by atoms with Gasteiger partial charge in [-0.05, 0) is 31.5 Å². The minimum Gasteiger partial charge on any atom is -0.268 e. The molecule has 0 saturated heterocycles. The van der Waals surface area contributed by atoms with Crippen LogP contribution in [0, 0.1) is 13.8 Å². The van der Waals surface area contributed by atoms with Crippen molar-refractivity contribution in [2.45, 2.75) is 36.1 Å². The van der Waals surface area contributed by atoms with Crippen LogP contribution in [0.3, 0.4) is 0 Å². The maximum atomic E-state index is 13.1. The van der Waals surface area contributed by atoms with Gasteiger partial charge < -0.3 is 0 Å². The van der Waals surface area contributed by atoms with Crippen molar-refractivity contribution in [3.8, 4) is 5.69 Å². The number of thioether (sulfide) groups is 2. The Morgan fingerprint density at radius 2 is 1.92 bits per heavy atom. The quantitative estimate of drug-likeness (QED) is 0.481. The highest BCUT2D eigenvalue weighted by Gasteiger charge is 2.22. The molecule has 1 aromatic heterocycles. The van der Waals surface area contributed by atoms with E-state index < -0.39 is 0 Å². The number of aryl methyl sites for hydroxylation is 3. The van der Waals surface area contributed by atoms with Gasteiger partial charge >= 0.3 is 0 Å². The summed E-state index contributed by atoms with van der Waals surface area (Å²) in [6, 6.07) is 16.6. The zero-order chi connectivity index (χ0) is 18.1. The largest absolute Gasteiger partial charge is 0.272 e. The van der Waals surface area contributed by atoms with Gasteiger partial charge in [0.2, 0.25) is 0 Å². The molecule has 0 spiro atoms. The summed E-state index contributed by atoms with van der Waals surface area (Å²) in [6.45, 7) is 4.15. The van der Waals surface area contributed by atoms with Gasteiger partial charge in [-0.3, -0.25) is 9.36 Å². The van der Waals surface area contributed by atoms with E-state index in [9.17, 15) is 4.79 Å². The lowest BCUT2D eigenvalue weighted by Crippen LogP contribution is -2.23. The smallest absolute Gasteiger partial charge is 0.268 e. The first-order chi connectivity index (χ1) is 12.6. The first-order valence-electron chi connectivity index (χ1n) is 8.66. The molecule has 0 bridgehead atoms. The number of nitrogens with zero attached hydrogens (tertiary/aromatic N) is 2. The fraction of sp³-hybridized carbons (Fsp3) is 0.238.